The van der Waals surface area contributed by atoms with E-state index in [1.54, 1.807) is 7.11 Å². The van der Waals surface area contributed by atoms with Crippen molar-refractivity contribution in [3.8, 4) is 11.5 Å². The van der Waals surface area contributed by atoms with Crippen molar-refractivity contribution in [1.82, 2.24) is 5.32 Å². The van der Waals surface area contributed by atoms with Crippen molar-refractivity contribution in [3.05, 3.63) is 53.1 Å². The van der Waals surface area contributed by atoms with Crippen molar-refractivity contribution in [1.29, 1.82) is 0 Å². The molecule has 6 heteroatoms. The zero-order valence-electron chi connectivity index (χ0n) is 14.6. The van der Waals surface area contributed by atoms with Crippen molar-refractivity contribution in [2.24, 2.45) is 0 Å². The molecule has 0 bridgehead atoms. The number of anilines is 1. The molecule has 0 fully saturated rings. The van der Waals surface area contributed by atoms with E-state index in [0.29, 0.717) is 25.1 Å². The third-order valence-corrected chi connectivity index (χ3v) is 4.76. The Morgan fingerprint density at radius 2 is 1.88 bits per heavy atom. The van der Waals surface area contributed by atoms with Crippen LogP contribution in [-0.4, -0.2) is 38.6 Å². The summed E-state index contributed by atoms with van der Waals surface area (Å²) in [6, 6.07) is 11.0. The zero-order chi connectivity index (χ0) is 18.1. The highest BCUT2D eigenvalue weighted by molar-refractivity contribution is 6.05. The summed E-state index contributed by atoms with van der Waals surface area (Å²) in [5, 5.41) is 2.87. The minimum absolute atomic E-state index is 0.129. The first-order chi connectivity index (χ1) is 12.7. The number of nitrogens with one attached hydrogen (secondary N) is 1. The Morgan fingerprint density at radius 3 is 2.65 bits per heavy atom. The van der Waals surface area contributed by atoms with Gasteiger partial charge in [0.2, 0.25) is 5.91 Å². The van der Waals surface area contributed by atoms with Gasteiger partial charge in [-0.1, -0.05) is 0 Å². The standard InChI is InChI=1S/C20H20N2O4/c1-25-16-2-4-17(5-3-16)26-9-7-21-20(24)15-10-13-6-8-22-18(23)12-14(11-15)19(13)22/h2-5,10-11H,6-9,12H2,1H3,(H,21,24). The molecule has 0 atom stereocenters. The van der Waals surface area contributed by atoms with Crippen molar-refractivity contribution in [2.75, 3.05) is 31.7 Å². The van der Waals surface area contributed by atoms with E-state index in [0.717, 1.165) is 41.3 Å². The van der Waals surface area contributed by atoms with Crippen LogP contribution in [0.1, 0.15) is 21.5 Å². The molecule has 2 heterocycles. The first kappa shape index (κ1) is 16.4. The van der Waals surface area contributed by atoms with Crippen LogP contribution in [0.15, 0.2) is 36.4 Å². The number of carbonyl (C=O) groups excluding carboxylic acids is 2. The van der Waals surface area contributed by atoms with Gasteiger partial charge in [0, 0.05) is 12.1 Å². The van der Waals surface area contributed by atoms with Gasteiger partial charge in [-0.05, 0) is 53.9 Å². The van der Waals surface area contributed by atoms with Crippen molar-refractivity contribution in [2.45, 2.75) is 12.8 Å². The van der Waals surface area contributed by atoms with Gasteiger partial charge in [0.1, 0.15) is 18.1 Å². The summed E-state index contributed by atoms with van der Waals surface area (Å²) >= 11 is 0. The van der Waals surface area contributed by atoms with E-state index in [9.17, 15) is 9.59 Å². The lowest BCUT2D eigenvalue weighted by atomic mass is 10.0. The number of hydrogen-bond acceptors (Lipinski definition) is 4. The van der Waals surface area contributed by atoms with Gasteiger partial charge in [-0.3, -0.25) is 9.59 Å². The Labute approximate surface area is 151 Å². The molecule has 2 aromatic carbocycles. The molecule has 1 N–H and O–H groups in total. The second-order valence-corrected chi connectivity index (χ2v) is 6.40. The molecule has 0 radical (unpaired) electrons. The second kappa shape index (κ2) is 6.71. The molecule has 2 aromatic rings. The first-order valence-electron chi connectivity index (χ1n) is 8.67. The maximum Gasteiger partial charge on any atom is 0.251 e. The summed E-state index contributed by atoms with van der Waals surface area (Å²) in [5.74, 6) is 1.49. The van der Waals surface area contributed by atoms with Gasteiger partial charge in [-0.25, -0.2) is 0 Å². The smallest absolute Gasteiger partial charge is 0.251 e. The van der Waals surface area contributed by atoms with Gasteiger partial charge >= 0.3 is 0 Å². The molecule has 6 nitrogen and oxygen atoms in total. The van der Waals surface area contributed by atoms with Crippen LogP contribution in [0, 0.1) is 0 Å². The molecule has 0 unspecified atom stereocenters. The number of rotatable bonds is 6. The van der Waals surface area contributed by atoms with E-state index in [-0.39, 0.29) is 11.8 Å². The van der Waals surface area contributed by atoms with Crippen LogP contribution in [-0.2, 0) is 17.6 Å². The van der Waals surface area contributed by atoms with Crippen LogP contribution < -0.4 is 19.7 Å². The second-order valence-electron chi connectivity index (χ2n) is 6.40. The molecular formula is C20H20N2O4. The average molecular weight is 352 g/mol. The van der Waals surface area contributed by atoms with Gasteiger partial charge < -0.3 is 19.7 Å². The van der Waals surface area contributed by atoms with E-state index < -0.39 is 0 Å². The zero-order valence-corrected chi connectivity index (χ0v) is 14.6. The predicted molar refractivity (Wildman–Crippen MR) is 97.0 cm³/mol. The van der Waals surface area contributed by atoms with Crippen LogP contribution in [0.3, 0.4) is 0 Å². The van der Waals surface area contributed by atoms with Gasteiger partial charge in [0.25, 0.3) is 5.91 Å². The molecule has 2 amide bonds. The van der Waals surface area contributed by atoms with Crippen molar-refractivity contribution >= 4 is 17.5 Å². The lowest BCUT2D eigenvalue weighted by Gasteiger charge is -2.11. The fourth-order valence-corrected chi connectivity index (χ4v) is 3.52. The van der Waals surface area contributed by atoms with E-state index in [1.807, 2.05) is 41.3 Å². The Morgan fingerprint density at radius 1 is 1.15 bits per heavy atom. The van der Waals surface area contributed by atoms with Crippen LogP contribution >= 0.6 is 0 Å². The summed E-state index contributed by atoms with van der Waals surface area (Å²) in [6.07, 6.45) is 1.21. The molecule has 0 aliphatic carbocycles. The molecule has 0 saturated carbocycles. The van der Waals surface area contributed by atoms with Crippen LogP contribution in [0.4, 0.5) is 5.69 Å². The van der Waals surface area contributed by atoms with E-state index in [1.165, 1.54) is 0 Å². The highest BCUT2D eigenvalue weighted by Crippen LogP contribution is 2.38. The lowest BCUT2D eigenvalue weighted by molar-refractivity contribution is -0.117. The summed E-state index contributed by atoms with van der Waals surface area (Å²) in [6.45, 7) is 1.51. The minimum atomic E-state index is -0.139. The molecule has 134 valence electrons. The molecule has 0 spiro atoms. The van der Waals surface area contributed by atoms with E-state index in [2.05, 4.69) is 5.32 Å². The molecule has 26 heavy (non-hydrogen) atoms. The third kappa shape index (κ3) is 2.98. The minimum Gasteiger partial charge on any atom is -0.497 e. The number of benzene rings is 2. The van der Waals surface area contributed by atoms with E-state index in [4.69, 9.17) is 9.47 Å². The first-order valence-corrected chi connectivity index (χ1v) is 8.67. The van der Waals surface area contributed by atoms with Crippen LogP contribution in [0.5, 0.6) is 11.5 Å². The quantitative estimate of drug-likeness (QED) is 0.807. The number of carbonyl (C=O) groups is 2. The van der Waals surface area contributed by atoms with Gasteiger partial charge in [0.05, 0.1) is 25.8 Å². The fourth-order valence-electron chi connectivity index (χ4n) is 3.52. The Hall–Kier alpha value is -3.02. The Bertz CT molecular complexity index is 861. The van der Waals surface area contributed by atoms with Crippen molar-refractivity contribution < 1.29 is 19.1 Å². The molecule has 0 aromatic heterocycles. The molecule has 2 aliphatic heterocycles. The molecule has 2 aliphatic rings. The summed E-state index contributed by atoms with van der Waals surface area (Å²) in [4.78, 5) is 26.2. The third-order valence-electron chi connectivity index (χ3n) is 4.76. The topological polar surface area (TPSA) is 67.9 Å². The molecular weight excluding hydrogens is 332 g/mol. The number of nitrogens with zero attached hydrogens (tertiary/aromatic N) is 1. The fraction of sp³-hybridized carbons (Fsp3) is 0.300. The monoisotopic (exact) mass is 352 g/mol. The molecule has 0 saturated heterocycles. The van der Waals surface area contributed by atoms with Gasteiger partial charge in [-0.2, -0.15) is 0 Å². The number of hydrogen-bond donors (Lipinski definition) is 1. The van der Waals surface area contributed by atoms with Crippen LogP contribution in [0.25, 0.3) is 0 Å². The summed E-state index contributed by atoms with van der Waals surface area (Å²) in [5.41, 5.74) is 3.69. The highest BCUT2D eigenvalue weighted by atomic mass is 16.5. The largest absolute Gasteiger partial charge is 0.497 e. The normalized spacial score (nSPS) is 14.3. The Balaban J connectivity index is 1.33. The van der Waals surface area contributed by atoms with Crippen LogP contribution in [0.2, 0.25) is 0 Å². The van der Waals surface area contributed by atoms with Gasteiger partial charge in [0.15, 0.2) is 0 Å². The van der Waals surface area contributed by atoms with Gasteiger partial charge in [-0.15, -0.1) is 0 Å². The summed E-state index contributed by atoms with van der Waals surface area (Å²) in [7, 11) is 1.62. The van der Waals surface area contributed by atoms with E-state index >= 15 is 0 Å². The SMILES string of the molecule is COc1ccc(OCCNC(=O)c2cc3c4c(c2)CC(=O)N4CC3)cc1. The Kier molecular flexibility index (Phi) is 4.24. The highest BCUT2D eigenvalue weighted by Gasteiger charge is 2.34. The molecule has 4 rings (SSSR count). The maximum absolute atomic E-state index is 12.4. The maximum atomic E-state index is 12.4. The number of methoxy groups -OCH3 is 1. The lowest BCUT2D eigenvalue weighted by Crippen LogP contribution is -2.28. The summed E-state index contributed by atoms with van der Waals surface area (Å²) < 4.78 is 10.7. The number of amides is 2. The van der Waals surface area contributed by atoms with Crippen molar-refractivity contribution in [3.63, 3.8) is 0 Å². The predicted octanol–water partition coefficient (Wildman–Crippen LogP) is 1.95. The number of ether oxygens (including phenoxy) is 2. The average Bonchev–Trinajstić information content (AvgIpc) is 3.23.